The summed E-state index contributed by atoms with van der Waals surface area (Å²) in [5.41, 5.74) is 3.45. The fraction of sp³-hybridized carbons (Fsp3) is 0.250. The van der Waals surface area contributed by atoms with Gasteiger partial charge in [-0.3, -0.25) is 9.67 Å². The lowest BCUT2D eigenvalue weighted by Crippen LogP contribution is -2.09. The summed E-state index contributed by atoms with van der Waals surface area (Å²) in [5.74, 6) is 1.64. The number of fused-ring (bicyclic) bond motifs is 1. The maximum atomic E-state index is 13.2. The number of nitrogens with zero attached hydrogens (tertiary/aromatic N) is 4. The summed E-state index contributed by atoms with van der Waals surface area (Å²) in [6.45, 7) is 1.97. The number of aromatic nitrogens is 5. The molecule has 0 unspecified atom stereocenters. The molecule has 4 aromatic rings. The van der Waals surface area contributed by atoms with Crippen LogP contribution < -0.4 is 5.32 Å². The lowest BCUT2D eigenvalue weighted by Gasteiger charge is -2.16. The summed E-state index contributed by atoms with van der Waals surface area (Å²) in [7, 11) is 0. The summed E-state index contributed by atoms with van der Waals surface area (Å²) >= 11 is 6.41. The normalized spacial score (nSPS) is 15.1. The van der Waals surface area contributed by atoms with Crippen LogP contribution in [-0.4, -0.2) is 24.7 Å². The van der Waals surface area contributed by atoms with E-state index in [0.717, 1.165) is 17.1 Å². The van der Waals surface area contributed by atoms with Gasteiger partial charge in [-0.25, -0.2) is 14.4 Å². The Morgan fingerprint density at radius 1 is 1.25 bits per heavy atom. The Kier molecular flexibility index (Phi) is 4.05. The van der Waals surface area contributed by atoms with Gasteiger partial charge in [0.1, 0.15) is 23.5 Å². The van der Waals surface area contributed by atoms with Crippen molar-refractivity contribution in [3.05, 3.63) is 64.8 Å². The van der Waals surface area contributed by atoms with Crippen molar-refractivity contribution >= 4 is 28.6 Å². The Labute approximate surface area is 165 Å². The topological polar surface area (TPSA) is 71.4 Å². The van der Waals surface area contributed by atoms with Gasteiger partial charge in [-0.1, -0.05) is 23.7 Å². The summed E-state index contributed by atoms with van der Waals surface area (Å²) in [6, 6.07) is 10.1. The van der Waals surface area contributed by atoms with Crippen molar-refractivity contribution < 1.29 is 4.39 Å². The van der Waals surface area contributed by atoms with Crippen molar-refractivity contribution in [1.29, 1.82) is 0 Å². The molecule has 0 spiro atoms. The number of nitrogens with one attached hydrogen (secondary N) is 2. The van der Waals surface area contributed by atoms with E-state index >= 15 is 0 Å². The molecule has 8 heteroatoms. The third-order valence-electron chi connectivity index (χ3n) is 5.05. The largest absolute Gasteiger partial charge is 0.362 e. The third-order valence-corrected chi connectivity index (χ3v) is 5.34. The van der Waals surface area contributed by atoms with E-state index in [1.54, 1.807) is 24.5 Å². The number of imidazole rings is 1. The number of rotatable bonds is 5. The van der Waals surface area contributed by atoms with Crippen molar-refractivity contribution in [2.45, 2.75) is 31.7 Å². The quantitative estimate of drug-likeness (QED) is 0.498. The average Bonchev–Trinajstić information content (AvgIpc) is 3.28. The fourth-order valence-corrected chi connectivity index (χ4v) is 3.48. The van der Waals surface area contributed by atoms with Crippen LogP contribution in [0.5, 0.6) is 0 Å². The van der Waals surface area contributed by atoms with Gasteiger partial charge in [0.15, 0.2) is 11.5 Å². The molecule has 1 atom stereocenters. The molecular weight excluding hydrogens is 379 g/mol. The van der Waals surface area contributed by atoms with Gasteiger partial charge in [-0.15, -0.1) is 0 Å². The van der Waals surface area contributed by atoms with E-state index in [9.17, 15) is 4.39 Å². The summed E-state index contributed by atoms with van der Waals surface area (Å²) in [5, 5.41) is 11.3. The van der Waals surface area contributed by atoms with Crippen LogP contribution in [0, 0.1) is 5.82 Å². The van der Waals surface area contributed by atoms with Crippen molar-refractivity contribution in [1.82, 2.24) is 24.7 Å². The van der Waals surface area contributed by atoms with Crippen LogP contribution in [0.25, 0.3) is 17.0 Å². The molecule has 0 bridgehead atoms. The van der Waals surface area contributed by atoms with Crippen molar-refractivity contribution in [2.24, 2.45) is 0 Å². The number of pyridine rings is 1. The van der Waals surface area contributed by atoms with Crippen molar-refractivity contribution in [2.75, 3.05) is 5.32 Å². The highest BCUT2D eigenvalue weighted by Crippen LogP contribution is 2.39. The molecule has 1 fully saturated rings. The van der Waals surface area contributed by atoms with Gasteiger partial charge in [-0.2, -0.15) is 5.10 Å². The average molecular weight is 397 g/mol. The minimum Gasteiger partial charge on any atom is -0.362 e. The van der Waals surface area contributed by atoms with Crippen LogP contribution in [-0.2, 0) is 0 Å². The summed E-state index contributed by atoms with van der Waals surface area (Å²) in [4.78, 5) is 9.10. The standard InChI is InChI=1S/C20H18ClFN6/c1-11(12-4-6-14(22)7-5-12)24-19-15(21)8-17-20(25-19)28(10-23-17)18-9-16(26-27-18)13-2-3-13/h4-11,13H,2-3H2,1H3,(H,24,25)(H,26,27)/t11-/m0/s1. The van der Waals surface area contributed by atoms with Gasteiger partial charge in [0.25, 0.3) is 0 Å². The molecule has 2 N–H and O–H groups in total. The van der Waals surface area contributed by atoms with E-state index in [-0.39, 0.29) is 11.9 Å². The lowest BCUT2D eigenvalue weighted by molar-refractivity contribution is 0.626. The molecule has 0 radical (unpaired) electrons. The molecule has 1 aromatic carbocycles. The molecule has 6 nitrogen and oxygen atoms in total. The Bertz CT molecular complexity index is 1150. The van der Waals surface area contributed by atoms with E-state index in [0.29, 0.717) is 27.9 Å². The number of anilines is 1. The van der Waals surface area contributed by atoms with E-state index in [4.69, 9.17) is 16.6 Å². The zero-order chi connectivity index (χ0) is 19.3. The van der Waals surface area contributed by atoms with Crippen LogP contribution in [0.1, 0.15) is 43.0 Å². The van der Waals surface area contributed by atoms with Gasteiger partial charge in [0.2, 0.25) is 0 Å². The fourth-order valence-electron chi connectivity index (χ4n) is 3.28. The molecule has 142 valence electrons. The predicted octanol–water partition coefficient (Wildman–Crippen LogP) is 4.99. The van der Waals surface area contributed by atoms with Gasteiger partial charge in [0, 0.05) is 23.7 Å². The van der Waals surface area contributed by atoms with E-state index in [1.807, 2.05) is 17.6 Å². The molecule has 1 aliphatic carbocycles. The Balaban J connectivity index is 1.48. The highest BCUT2D eigenvalue weighted by Gasteiger charge is 2.26. The lowest BCUT2D eigenvalue weighted by atomic mass is 10.1. The monoisotopic (exact) mass is 396 g/mol. The maximum absolute atomic E-state index is 13.2. The highest BCUT2D eigenvalue weighted by molar-refractivity contribution is 6.33. The third kappa shape index (κ3) is 3.11. The molecule has 0 saturated heterocycles. The van der Waals surface area contributed by atoms with E-state index < -0.39 is 0 Å². The smallest absolute Gasteiger partial charge is 0.168 e. The Morgan fingerprint density at radius 3 is 2.79 bits per heavy atom. The second kappa shape index (κ2) is 6.60. The van der Waals surface area contributed by atoms with Gasteiger partial charge < -0.3 is 5.32 Å². The predicted molar refractivity (Wildman–Crippen MR) is 106 cm³/mol. The molecule has 0 aliphatic heterocycles. The second-order valence-corrected chi connectivity index (χ2v) is 7.56. The number of benzene rings is 1. The highest BCUT2D eigenvalue weighted by atomic mass is 35.5. The molecule has 3 heterocycles. The first-order valence-corrected chi connectivity index (χ1v) is 9.57. The minimum absolute atomic E-state index is 0.0914. The first-order chi connectivity index (χ1) is 13.6. The molecule has 3 aromatic heterocycles. The number of hydrogen-bond acceptors (Lipinski definition) is 4. The van der Waals surface area contributed by atoms with Crippen LogP contribution >= 0.6 is 11.6 Å². The molecule has 0 amide bonds. The molecule has 1 aliphatic rings. The maximum Gasteiger partial charge on any atom is 0.168 e. The van der Waals surface area contributed by atoms with Crippen molar-refractivity contribution in [3.63, 3.8) is 0 Å². The van der Waals surface area contributed by atoms with E-state index in [2.05, 4.69) is 20.5 Å². The Hall–Kier alpha value is -2.93. The summed E-state index contributed by atoms with van der Waals surface area (Å²) < 4.78 is 15.0. The van der Waals surface area contributed by atoms with Crippen molar-refractivity contribution in [3.8, 4) is 5.82 Å². The number of hydrogen-bond donors (Lipinski definition) is 2. The SMILES string of the molecule is C[C@H](Nc1nc2c(cc1Cl)ncn2-c1cc(C2CC2)[nH]n1)c1ccc(F)cc1. The first-order valence-electron chi connectivity index (χ1n) is 9.20. The number of H-pyrrole nitrogens is 1. The molecular formula is C20H18ClFN6. The molecule has 5 rings (SSSR count). The molecule has 1 saturated carbocycles. The van der Waals surface area contributed by atoms with Crippen LogP contribution in [0.2, 0.25) is 5.02 Å². The zero-order valence-electron chi connectivity index (χ0n) is 15.2. The summed E-state index contributed by atoms with van der Waals surface area (Å²) in [6.07, 6.45) is 4.11. The van der Waals surface area contributed by atoms with E-state index in [1.165, 1.54) is 25.0 Å². The second-order valence-electron chi connectivity index (χ2n) is 7.15. The van der Waals surface area contributed by atoms with Crippen LogP contribution in [0.4, 0.5) is 10.2 Å². The number of aromatic amines is 1. The van der Waals surface area contributed by atoms with Crippen LogP contribution in [0.15, 0.2) is 42.7 Å². The first kappa shape index (κ1) is 17.2. The minimum atomic E-state index is -0.262. The Morgan fingerprint density at radius 2 is 2.04 bits per heavy atom. The zero-order valence-corrected chi connectivity index (χ0v) is 15.9. The van der Waals surface area contributed by atoms with Gasteiger partial charge in [0.05, 0.1) is 5.02 Å². The van der Waals surface area contributed by atoms with Crippen LogP contribution in [0.3, 0.4) is 0 Å². The van der Waals surface area contributed by atoms with Gasteiger partial charge in [-0.05, 0) is 43.5 Å². The number of halogens is 2. The molecule has 28 heavy (non-hydrogen) atoms. The van der Waals surface area contributed by atoms with Gasteiger partial charge >= 0.3 is 0 Å².